The molecular formula is C41H39N5O8S2. The first-order chi connectivity index (χ1) is 27.8. The maximum absolute atomic E-state index is 11.9. The quantitative estimate of drug-likeness (QED) is 0.137. The molecule has 1 N–H and O–H groups in total. The number of thioether (sulfide) groups is 2. The number of ether oxygens (including phenoxy) is 4. The standard InChI is InChI=1S/C21H20N2O4S.C20H19N3O4S/c1-23-17-10-15(26-2)7-8-16(17)22-20(23)12-27-14-5-3-13(4-6-14)9-19-18(24)11-21(25)28-19;1-23-16-10-14(26-2)7-8-15(16)21-18(23)11-27-13-5-3-12(4-6-13)9-17-19(24)22-20(25)28-17/h3-8,10,19H,9,11-12H2,1-2H3;3-8,10,17H,9,11H2,1-2H3,(H,22,24,25)/t19-;17-/m01/s1/i19D;17D. The first kappa shape index (κ1) is 35.9. The second kappa shape index (κ2) is 16.9. The summed E-state index contributed by atoms with van der Waals surface area (Å²) in [5.74, 6) is 3.52. The van der Waals surface area contributed by atoms with Crippen molar-refractivity contribution in [2.45, 2.75) is 42.9 Å². The fourth-order valence-corrected chi connectivity index (χ4v) is 7.74. The van der Waals surface area contributed by atoms with Gasteiger partial charge in [-0.1, -0.05) is 47.8 Å². The van der Waals surface area contributed by atoms with Gasteiger partial charge < -0.3 is 28.1 Å². The third-order valence-corrected chi connectivity index (χ3v) is 11.1. The molecule has 2 atom stereocenters. The number of imidazole rings is 2. The predicted molar refractivity (Wildman–Crippen MR) is 214 cm³/mol. The Bertz CT molecular complexity index is 2370. The van der Waals surface area contributed by atoms with Crippen LogP contribution in [0.1, 0.15) is 31.9 Å². The Labute approximate surface area is 333 Å². The SMILES string of the molecule is [2H][C@@]1(Cc2ccc(OCc3nc4ccc(OC)cc4n3C)cc2)SC(=O)CC1=O.[2H][C@]1(Cc2ccc(OCc3nc4ccc(OC)cc4n3C)cc2)SC(=O)NC1=O. The maximum Gasteiger partial charge on any atom is 0.286 e. The normalized spacial score (nSPS) is 19.7. The van der Waals surface area contributed by atoms with E-state index in [0.717, 1.165) is 68.1 Å². The topological polar surface area (TPSA) is 153 Å². The molecule has 4 aromatic carbocycles. The average Bonchev–Trinajstić information content (AvgIpc) is 3.87. The summed E-state index contributed by atoms with van der Waals surface area (Å²) in [5, 5.41) is -1.49. The van der Waals surface area contributed by atoms with Crippen molar-refractivity contribution in [3.05, 3.63) is 108 Å². The summed E-state index contributed by atoms with van der Waals surface area (Å²) >= 11 is 1.52. The van der Waals surface area contributed by atoms with Gasteiger partial charge in [-0.3, -0.25) is 24.5 Å². The lowest BCUT2D eigenvalue weighted by Gasteiger charge is -2.09. The van der Waals surface area contributed by atoms with E-state index in [9.17, 15) is 19.2 Å². The highest BCUT2D eigenvalue weighted by molar-refractivity contribution is 8.15. The molecule has 2 saturated heterocycles. The van der Waals surface area contributed by atoms with Crippen molar-refractivity contribution in [2.24, 2.45) is 14.1 Å². The number of carbonyl (C=O) groups excluding carboxylic acids is 4. The van der Waals surface area contributed by atoms with E-state index >= 15 is 0 Å². The van der Waals surface area contributed by atoms with Gasteiger partial charge in [0.05, 0.1) is 55.9 Å². The molecule has 2 aliphatic heterocycles. The van der Waals surface area contributed by atoms with Gasteiger partial charge in [0.15, 0.2) is 10.9 Å². The largest absolute Gasteiger partial charge is 0.497 e. The molecule has 15 heteroatoms. The number of Topliss-reactive ketones (excluding diaryl/α,β-unsaturated/α-hetero) is 1. The molecule has 2 aliphatic rings. The van der Waals surface area contributed by atoms with E-state index in [1.807, 2.05) is 71.8 Å². The number of rotatable bonds is 12. The van der Waals surface area contributed by atoms with Crippen molar-refractivity contribution < 1.29 is 40.9 Å². The number of aromatic nitrogens is 4. The minimum atomic E-state index is -1.52. The lowest BCUT2D eigenvalue weighted by Crippen LogP contribution is -2.25. The van der Waals surface area contributed by atoms with Crippen LogP contribution in [0.3, 0.4) is 0 Å². The number of nitrogens with one attached hydrogen (secondary N) is 1. The molecule has 288 valence electrons. The molecule has 2 amide bonds. The van der Waals surface area contributed by atoms with Crippen molar-refractivity contribution in [1.82, 2.24) is 24.4 Å². The number of imide groups is 1. The Hall–Kier alpha value is -5.80. The van der Waals surface area contributed by atoms with Crippen LogP contribution < -0.4 is 24.3 Å². The van der Waals surface area contributed by atoms with Crippen LogP contribution >= 0.6 is 23.5 Å². The zero-order valence-corrected chi connectivity index (χ0v) is 32.6. The highest BCUT2D eigenvalue weighted by Gasteiger charge is 2.32. The first-order valence-corrected chi connectivity index (χ1v) is 19.1. The molecule has 2 fully saturated rings. The van der Waals surface area contributed by atoms with Gasteiger partial charge in [0, 0.05) is 26.2 Å². The smallest absolute Gasteiger partial charge is 0.286 e. The Morgan fingerprint density at radius 3 is 1.55 bits per heavy atom. The van der Waals surface area contributed by atoms with E-state index in [4.69, 9.17) is 21.7 Å². The number of fused-ring (bicyclic) bond motifs is 2. The first-order valence-electron chi connectivity index (χ1n) is 18.5. The molecule has 2 aromatic heterocycles. The summed E-state index contributed by atoms with van der Waals surface area (Å²) in [4.78, 5) is 55.7. The van der Waals surface area contributed by atoms with Gasteiger partial charge in [-0.2, -0.15) is 0 Å². The molecule has 0 radical (unpaired) electrons. The molecule has 56 heavy (non-hydrogen) atoms. The summed E-state index contributed by atoms with van der Waals surface area (Å²) < 4.78 is 42.6. The van der Waals surface area contributed by atoms with Crippen LogP contribution in [0.5, 0.6) is 23.0 Å². The van der Waals surface area contributed by atoms with Gasteiger partial charge >= 0.3 is 0 Å². The number of hydrogen-bond acceptors (Lipinski definition) is 12. The van der Waals surface area contributed by atoms with Gasteiger partial charge in [0.2, 0.25) is 5.91 Å². The molecule has 8 rings (SSSR count). The van der Waals surface area contributed by atoms with Gasteiger partial charge in [0.25, 0.3) is 5.24 Å². The second-order valence-electron chi connectivity index (χ2n) is 12.9. The maximum atomic E-state index is 11.9. The van der Waals surface area contributed by atoms with E-state index in [-0.39, 0.29) is 30.2 Å². The molecule has 0 bridgehead atoms. The van der Waals surface area contributed by atoms with Gasteiger partial charge in [0.1, 0.15) is 47.9 Å². The molecule has 0 spiro atoms. The highest BCUT2D eigenvalue weighted by atomic mass is 32.2. The van der Waals surface area contributed by atoms with Gasteiger partial charge in [-0.15, -0.1) is 0 Å². The molecule has 0 unspecified atom stereocenters. The Morgan fingerprint density at radius 2 is 1.14 bits per heavy atom. The lowest BCUT2D eigenvalue weighted by atomic mass is 10.1. The van der Waals surface area contributed by atoms with E-state index in [2.05, 4.69) is 15.3 Å². The fraction of sp³-hybridized carbons (Fsp3) is 0.268. The zero-order chi connectivity index (χ0) is 41.2. The van der Waals surface area contributed by atoms with Crippen LogP contribution in [0, 0.1) is 0 Å². The molecule has 13 nitrogen and oxygen atoms in total. The summed E-state index contributed by atoms with van der Waals surface area (Å²) in [5.41, 5.74) is 5.26. The van der Waals surface area contributed by atoms with E-state index in [1.54, 1.807) is 50.6 Å². The van der Waals surface area contributed by atoms with Crippen LogP contribution in [0.4, 0.5) is 4.79 Å². The lowest BCUT2D eigenvalue weighted by molar-refractivity contribution is -0.121. The number of methoxy groups -OCH3 is 2. The average molecular weight is 796 g/mol. The van der Waals surface area contributed by atoms with Crippen molar-refractivity contribution in [3.8, 4) is 23.0 Å². The summed E-state index contributed by atoms with van der Waals surface area (Å²) in [6, 6.07) is 25.8. The van der Waals surface area contributed by atoms with Crippen molar-refractivity contribution in [1.29, 1.82) is 0 Å². The molecule has 0 aliphatic carbocycles. The highest BCUT2D eigenvalue weighted by Crippen LogP contribution is 2.29. The molecule has 6 aromatic rings. The predicted octanol–water partition coefficient (Wildman–Crippen LogP) is 6.36. The third-order valence-electron chi connectivity index (χ3n) is 9.21. The number of carbonyl (C=O) groups is 4. The van der Waals surface area contributed by atoms with Gasteiger partial charge in [-0.25, -0.2) is 9.97 Å². The van der Waals surface area contributed by atoms with E-state index in [0.29, 0.717) is 36.5 Å². The summed E-state index contributed by atoms with van der Waals surface area (Å²) in [6.45, 7) is 0.597. The number of aryl methyl sites for hydroxylation is 2. The minimum Gasteiger partial charge on any atom is -0.497 e. The Kier molecular flexibility index (Phi) is 10.8. The fourth-order valence-electron chi connectivity index (χ4n) is 6.08. The van der Waals surface area contributed by atoms with E-state index < -0.39 is 21.6 Å². The van der Waals surface area contributed by atoms with Gasteiger partial charge in [-0.05, 0) is 72.5 Å². The Balaban J connectivity index is 0.000000177. The minimum absolute atomic E-state index is 0.141. The second-order valence-corrected chi connectivity index (χ2v) is 15.1. The molecular weight excluding hydrogens is 755 g/mol. The summed E-state index contributed by atoms with van der Waals surface area (Å²) in [7, 11) is 7.12. The van der Waals surface area contributed by atoms with Crippen molar-refractivity contribution >= 4 is 67.6 Å². The number of nitrogens with zero attached hydrogens (tertiary/aromatic N) is 4. The number of amides is 2. The number of benzene rings is 4. The van der Waals surface area contributed by atoms with Crippen LogP contribution in [-0.2, 0) is 54.5 Å². The summed E-state index contributed by atoms with van der Waals surface area (Å²) in [6.07, 6.45) is 0.191. The Morgan fingerprint density at radius 1 is 0.679 bits per heavy atom. The number of hydrogen-bond donors (Lipinski definition) is 1. The van der Waals surface area contributed by atoms with Crippen molar-refractivity contribution in [2.75, 3.05) is 14.2 Å². The third kappa shape index (κ3) is 8.84. The monoisotopic (exact) mass is 795 g/mol. The van der Waals surface area contributed by atoms with Crippen molar-refractivity contribution in [3.63, 3.8) is 0 Å². The van der Waals surface area contributed by atoms with Crippen LogP contribution in [0.2, 0.25) is 0 Å². The molecule has 0 saturated carbocycles. The number of ketones is 1. The zero-order valence-electron chi connectivity index (χ0n) is 33.0. The molecule has 4 heterocycles. The van der Waals surface area contributed by atoms with Crippen LogP contribution in [0.25, 0.3) is 22.1 Å². The van der Waals surface area contributed by atoms with Crippen LogP contribution in [-0.4, -0.2) is 65.8 Å². The van der Waals surface area contributed by atoms with Crippen LogP contribution in [0.15, 0.2) is 84.9 Å². The van der Waals surface area contributed by atoms with E-state index in [1.165, 1.54) is 0 Å².